The molecule has 0 radical (unpaired) electrons. The third-order valence-electron chi connectivity index (χ3n) is 6.33. The number of likely N-dealkylation sites (tertiary alicyclic amines) is 1. The van der Waals surface area contributed by atoms with E-state index in [1.807, 2.05) is 11.3 Å². The first-order valence-corrected chi connectivity index (χ1v) is 10.3. The molecule has 3 fully saturated rings. The van der Waals surface area contributed by atoms with Gasteiger partial charge in [-0.1, -0.05) is 6.07 Å². The van der Waals surface area contributed by atoms with E-state index in [1.165, 1.54) is 17.7 Å². The highest BCUT2D eigenvalue weighted by molar-refractivity contribution is 7.09. The minimum absolute atomic E-state index is 0.324. The second-order valence-electron chi connectivity index (χ2n) is 7.96. The summed E-state index contributed by atoms with van der Waals surface area (Å²) in [6.07, 6.45) is 4.69. The van der Waals surface area contributed by atoms with Crippen molar-refractivity contribution in [1.29, 1.82) is 0 Å². The minimum atomic E-state index is 0.324. The van der Waals surface area contributed by atoms with E-state index in [-0.39, 0.29) is 0 Å². The van der Waals surface area contributed by atoms with Crippen molar-refractivity contribution >= 4 is 17.2 Å². The summed E-state index contributed by atoms with van der Waals surface area (Å²) in [6.45, 7) is 7.43. The van der Waals surface area contributed by atoms with Crippen molar-refractivity contribution in [3.8, 4) is 0 Å². The Morgan fingerprint density at radius 1 is 1.21 bits per heavy atom. The van der Waals surface area contributed by atoms with Crippen LogP contribution in [0.4, 0.5) is 0 Å². The number of amides is 1. The molecule has 4 nitrogen and oxygen atoms in total. The number of piperidine rings is 1. The van der Waals surface area contributed by atoms with E-state index in [2.05, 4.69) is 39.3 Å². The van der Waals surface area contributed by atoms with Crippen LogP contribution in [0.2, 0.25) is 0 Å². The molecule has 0 unspecified atom stereocenters. The van der Waals surface area contributed by atoms with Crippen molar-refractivity contribution in [1.82, 2.24) is 14.7 Å². The topological polar surface area (TPSA) is 26.8 Å². The number of hydrogen-bond acceptors (Lipinski definition) is 4. The molecule has 4 rings (SSSR count). The monoisotopic (exact) mass is 347 g/mol. The Morgan fingerprint density at radius 2 is 2.04 bits per heavy atom. The van der Waals surface area contributed by atoms with E-state index in [0.29, 0.717) is 17.2 Å². The molecule has 1 spiro atoms. The Kier molecular flexibility index (Phi) is 4.67. The van der Waals surface area contributed by atoms with E-state index in [4.69, 9.17) is 0 Å². The van der Waals surface area contributed by atoms with Gasteiger partial charge in [-0.05, 0) is 69.2 Å². The van der Waals surface area contributed by atoms with Crippen molar-refractivity contribution in [3.05, 3.63) is 22.4 Å². The fraction of sp³-hybridized carbons (Fsp3) is 0.737. The molecule has 0 aromatic carbocycles. The predicted molar refractivity (Wildman–Crippen MR) is 98.1 cm³/mol. The van der Waals surface area contributed by atoms with Crippen LogP contribution in [-0.2, 0) is 11.3 Å². The van der Waals surface area contributed by atoms with Gasteiger partial charge < -0.3 is 9.80 Å². The van der Waals surface area contributed by atoms with Crippen molar-refractivity contribution in [3.63, 3.8) is 0 Å². The third kappa shape index (κ3) is 3.39. The fourth-order valence-electron chi connectivity index (χ4n) is 4.52. The normalized spacial score (nSPS) is 28.0. The van der Waals surface area contributed by atoms with Crippen molar-refractivity contribution < 1.29 is 4.79 Å². The molecule has 1 aromatic rings. The van der Waals surface area contributed by atoms with Crippen LogP contribution in [0.5, 0.6) is 0 Å². The number of rotatable bonds is 3. The molecule has 1 aliphatic carbocycles. The van der Waals surface area contributed by atoms with Gasteiger partial charge in [0, 0.05) is 37.0 Å². The summed E-state index contributed by atoms with van der Waals surface area (Å²) >= 11 is 1.85. The second-order valence-corrected chi connectivity index (χ2v) is 8.99. The zero-order chi connectivity index (χ0) is 16.6. The lowest BCUT2D eigenvalue weighted by Gasteiger charge is -2.33. The number of carbonyl (C=O) groups excluding carboxylic acids is 1. The molecule has 1 atom stereocenters. The van der Waals surface area contributed by atoms with Crippen LogP contribution < -0.4 is 0 Å². The summed E-state index contributed by atoms with van der Waals surface area (Å²) in [5.41, 5.74) is 0.348. The molecular formula is C19H29N3OS. The van der Waals surface area contributed by atoms with Gasteiger partial charge in [0.25, 0.3) is 0 Å². The molecule has 5 heteroatoms. The van der Waals surface area contributed by atoms with Gasteiger partial charge in [-0.25, -0.2) is 0 Å². The maximum atomic E-state index is 12.9. The average Bonchev–Trinajstić information content (AvgIpc) is 3.13. The number of carbonyl (C=O) groups is 1. The van der Waals surface area contributed by atoms with Crippen LogP contribution in [0.15, 0.2) is 17.5 Å². The quantitative estimate of drug-likeness (QED) is 0.841. The maximum absolute atomic E-state index is 12.9. The highest BCUT2D eigenvalue weighted by Gasteiger charge is 2.59. The zero-order valence-electron chi connectivity index (χ0n) is 14.7. The Bertz CT molecular complexity index is 565. The van der Waals surface area contributed by atoms with Crippen LogP contribution in [-0.4, -0.2) is 66.9 Å². The highest BCUT2D eigenvalue weighted by Crippen LogP contribution is 2.60. The summed E-state index contributed by atoms with van der Waals surface area (Å²) in [5.74, 6) is 0.779. The van der Waals surface area contributed by atoms with E-state index < -0.39 is 0 Å². The molecule has 0 N–H and O–H groups in total. The van der Waals surface area contributed by atoms with Gasteiger partial charge in [-0.3, -0.25) is 9.69 Å². The summed E-state index contributed by atoms with van der Waals surface area (Å²) in [7, 11) is 2.16. The largest absolute Gasteiger partial charge is 0.341 e. The molecular weight excluding hydrogens is 318 g/mol. The van der Waals surface area contributed by atoms with E-state index >= 15 is 0 Å². The summed E-state index contributed by atoms with van der Waals surface area (Å²) in [6, 6.07) is 4.37. The Morgan fingerprint density at radius 3 is 2.79 bits per heavy atom. The van der Waals surface area contributed by atoms with Crippen LogP contribution in [0, 0.1) is 11.3 Å². The van der Waals surface area contributed by atoms with Crippen LogP contribution >= 0.6 is 11.3 Å². The fourth-order valence-corrected chi connectivity index (χ4v) is 5.26. The predicted octanol–water partition coefficient (Wildman–Crippen LogP) is 2.51. The molecule has 3 aliphatic rings. The minimum Gasteiger partial charge on any atom is -0.341 e. The SMILES string of the molecule is CN1CCCN(C(=O)[C@@H]2CC23CCN(Cc2cccs2)CC3)CC1. The lowest BCUT2D eigenvalue weighted by molar-refractivity contribution is -0.133. The highest BCUT2D eigenvalue weighted by atomic mass is 32.1. The van der Waals surface area contributed by atoms with Crippen LogP contribution in [0.25, 0.3) is 0 Å². The number of nitrogens with zero attached hydrogens (tertiary/aromatic N) is 3. The number of likely N-dealkylation sites (N-methyl/N-ethyl adjacent to an activating group) is 1. The molecule has 2 aliphatic heterocycles. The first kappa shape index (κ1) is 16.6. The third-order valence-corrected chi connectivity index (χ3v) is 7.19. The van der Waals surface area contributed by atoms with Crippen molar-refractivity contribution in [2.75, 3.05) is 46.3 Å². The van der Waals surface area contributed by atoms with Gasteiger partial charge >= 0.3 is 0 Å². The molecule has 0 bridgehead atoms. The molecule has 1 aromatic heterocycles. The van der Waals surface area contributed by atoms with E-state index in [9.17, 15) is 4.79 Å². The molecule has 2 saturated heterocycles. The zero-order valence-corrected chi connectivity index (χ0v) is 15.6. The van der Waals surface area contributed by atoms with E-state index in [0.717, 1.165) is 58.7 Å². The molecule has 3 heterocycles. The van der Waals surface area contributed by atoms with Crippen molar-refractivity contribution in [2.45, 2.75) is 32.2 Å². The van der Waals surface area contributed by atoms with E-state index in [1.54, 1.807) is 0 Å². The van der Waals surface area contributed by atoms with Gasteiger partial charge in [0.05, 0.1) is 0 Å². The van der Waals surface area contributed by atoms with Gasteiger partial charge in [-0.2, -0.15) is 0 Å². The molecule has 1 amide bonds. The smallest absolute Gasteiger partial charge is 0.226 e. The number of hydrogen-bond donors (Lipinski definition) is 0. The Balaban J connectivity index is 1.29. The summed E-state index contributed by atoms with van der Waals surface area (Å²) < 4.78 is 0. The standard InChI is InChI=1S/C19H29N3OS/c1-20-7-3-8-22(12-11-20)18(23)17-14-19(17)5-9-21(10-6-19)15-16-4-2-13-24-16/h2,4,13,17H,3,5-12,14-15H2,1H3/t17-/m0/s1. The average molecular weight is 348 g/mol. The lowest BCUT2D eigenvalue weighted by atomic mass is 9.90. The second kappa shape index (κ2) is 6.77. The lowest BCUT2D eigenvalue weighted by Crippen LogP contribution is -2.39. The van der Waals surface area contributed by atoms with Gasteiger partial charge in [-0.15, -0.1) is 11.3 Å². The van der Waals surface area contributed by atoms with Crippen LogP contribution in [0.1, 0.15) is 30.6 Å². The van der Waals surface area contributed by atoms with Gasteiger partial charge in [0.2, 0.25) is 5.91 Å². The Hall–Kier alpha value is -0.910. The van der Waals surface area contributed by atoms with Crippen molar-refractivity contribution in [2.24, 2.45) is 11.3 Å². The molecule has 24 heavy (non-hydrogen) atoms. The maximum Gasteiger partial charge on any atom is 0.226 e. The Labute approximate surface area is 149 Å². The first-order valence-electron chi connectivity index (χ1n) is 9.38. The van der Waals surface area contributed by atoms with Gasteiger partial charge in [0.1, 0.15) is 0 Å². The van der Waals surface area contributed by atoms with Gasteiger partial charge in [0.15, 0.2) is 0 Å². The van der Waals surface area contributed by atoms with Crippen LogP contribution in [0.3, 0.4) is 0 Å². The number of thiophene rings is 1. The summed E-state index contributed by atoms with van der Waals surface area (Å²) in [4.78, 5) is 21.5. The first-order chi connectivity index (χ1) is 11.7. The molecule has 132 valence electrons. The molecule has 1 saturated carbocycles. The summed E-state index contributed by atoms with van der Waals surface area (Å²) in [5, 5.41) is 2.16.